The molecule has 2 aromatic carbocycles. The van der Waals surface area contributed by atoms with Crippen molar-refractivity contribution in [3.8, 4) is 22.8 Å². The molecule has 8 nitrogen and oxygen atoms in total. The predicted octanol–water partition coefficient (Wildman–Crippen LogP) is 4.22. The smallest absolute Gasteiger partial charge is 0.246 e. The molecule has 0 atom stereocenters. The fourth-order valence-electron chi connectivity index (χ4n) is 2.84. The Morgan fingerprint density at radius 1 is 1.03 bits per heavy atom. The number of benzene rings is 2. The Hall–Kier alpha value is -3.65. The van der Waals surface area contributed by atoms with E-state index in [0.29, 0.717) is 41.7 Å². The zero-order valence-electron chi connectivity index (χ0n) is 17.1. The van der Waals surface area contributed by atoms with Gasteiger partial charge >= 0.3 is 0 Å². The van der Waals surface area contributed by atoms with Gasteiger partial charge in [-0.1, -0.05) is 46.6 Å². The van der Waals surface area contributed by atoms with Crippen LogP contribution in [0.15, 0.2) is 68.7 Å². The molecule has 0 aliphatic heterocycles. The van der Waals surface area contributed by atoms with E-state index in [1.807, 2.05) is 43.3 Å². The molecule has 0 unspecified atom stereocenters. The molecule has 0 radical (unpaired) electrons. The summed E-state index contributed by atoms with van der Waals surface area (Å²) in [4.78, 5) is 13.1. The minimum absolute atomic E-state index is 0.320. The SMILES string of the molecule is CN=C(NCc1coc(-c2ccc(C)cc2)n1)NCc1nc(-c2cccc(Cl)c2)no1. The summed E-state index contributed by atoms with van der Waals surface area (Å²) in [5.74, 6) is 2.07. The molecule has 0 aliphatic rings. The second-order valence-electron chi connectivity index (χ2n) is 6.81. The van der Waals surface area contributed by atoms with Gasteiger partial charge < -0.3 is 19.6 Å². The Labute approximate surface area is 184 Å². The number of halogens is 1. The quantitative estimate of drug-likeness (QED) is 0.344. The van der Waals surface area contributed by atoms with Crippen molar-refractivity contribution in [1.29, 1.82) is 0 Å². The lowest BCUT2D eigenvalue weighted by atomic mass is 10.1. The molecule has 2 N–H and O–H groups in total. The molecule has 158 valence electrons. The first-order valence-electron chi connectivity index (χ1n) is 9.65. The number of hydrogen-bond acceptors (Lipinski definition) is 6. The van der Waals surface area contributed by atoms with E-state index in [4.69, 9.17) is 20.5 Å². The molecule has 0 spiro atoms. The van der Waals surface area contributed by atoms with Gasteiger partial charge in [-0.15, -0.1) is 0 Å². The minimum atomic E-state index is 0.320. The van der Waals surface area contributed by atoms with E-state index in [9.17, 15) is 0 Å². The number of aromatic nitrogens is 3. The maximum atomic E-state index is 6.02. The first-order chi connectivity index (χ1) is 15.1. The molecule has 9 heteroatoms. The van der Waals surface area contributed by atoms with Crippen molar-refractivity contribution in [3.05, 3.63) is 77.0 Å². The summed E-state index contributed by atoms with van der Waals surface area (Å²) in [5.41, 5.74) is 3.68. The molecule has 0 bridgehead atoms. The molecule has 0 fully saturated rings. The number of nitrogens with zero attached hydrogens (tertiary/aromatic N) is 4. The molecule has 0 amide bonds. The summed E-state index contributed by atoms with van der Waals surface area (Å²) < 4.78 is 10.9. The zero-order valence-corrected chi connectivity index (χ0v) is 17.8. The van der Waals surface area contributed by atoms with Crippen LogP contribution in [0.3, 0.4) is 0 Å². The first-order valence-corrected chi connectivity index (χ1v) is 10.0. The Kier molecular flexibility index (Phi) is 6.28. The Bertz CT molecular complexity index is 1180. The van der Waals surface area contributed by atoms with Crippen LogP contribution in [-0.2, 0) is 13.1 Å². The summed E-state index contributed by atoms with van der Waals surface area (Å²) in [6.07, 6.45) is 1.63. The van der Waals surface area contributed by atoms with E-state index in [1.54, 1.807) is 25.4 Å². The molecule has 31 heavy (non-hydrogen) atoms. The third-order valence-corrected chi connectivity index (χ3v) is 4.70. The summed E-state index contributed by atoms with van der Waals surface area (Å²) in [7, 11) is 1.68. The van der Waals surface area contributed by atoms with Gasteiger partial charge in [-0.3, -0.25) is 4.99 Å². The van der Waals surface area contributed by atoms with Gasteiger partial charge in [0.15, 0.2) is 5.96 Å². The standard InChI is InChI=1S/C22H21ClN6O2/c1-14-6-8-15(9-7-14)21-27-18(13-30-21)11-25-22(24-2)26-12-19-28-20(29-31-19)16-4-3-5-17(23)10-16/h3-10,13H,11-12H2,1-2H3,(H2,24,25,26). The van der Waals surface area contributed by atoms with E-state index in [1.165, 1.54) is 5.56 Å². The monoisotopic (exact) mass is 436 g/mol. The number of hydrogen-bond donors (Lipinski definition) is 2. The zero-order chi connectivity index (χ0) is 21.6. The van der Waals surface area contributed by atoms with E-state index < -0.39 is 0 Å². The number of rotatable bonds is 6. The van der Waals surface area contributed by atoms with Crippen LogP contribution in [0, 0.1) is 6.92 Å². The molecular weight excluding hydrogens is 416 g/mol. The average molecular weight is 437 g/mol. The largest absolute Gasteiger partial charge is 0.444 e. The van der Waals surface area contributed by atoms with Crippen LogP contribution in [0.4, 0.5) is 0 Å². The van der Waals surface area contributed by atoms with Gasteiger partial charge in [0, 0.05) is 23.2 Å². The molecule has 0 aliphatic carbocycles. The van der Waals surface area contributed by atoms with Crippen molar-refractivity contribution in [2.75, 3.05) is 7.05 Å². The molecule has 2 heterocycles. The number of oxazole rings is 1. The van der Waals surface area contributed by atoms with Crippen molar-refractivity contribution < 1.29 is 8.94 Å². The maximum absolute atomic E-state index is 6.02. The van der Waals surface area contributed by atoms with Crippen molar-refractivity contribution in [1.82, 2.24) is 25.8 Å². The first kappa shape index (κ1) is 20.6. The van der Waals surface area contributed by atoms with Gasteiger partial charge in [-0.2, -0.15) is 4.98 Å². The van der Waals surface area contributed by atoms with Gasteiger partial charge in [0.1, 0.15) is 6.26 Å². The third kappa shape index (κ3) is 5.29. The second kappa shape index (κ2) is 9.44. The van der Waals surface area contributed by atoms with Crippen LogP contribution in [0.2, 0.25) is 5.02 Å². The van der Waals surface area contributed by atoms with Crippen LogP contribution >= 0.6 is 11.6 Å². The van der Waals surface area contributed by atoms with Gasteiger partial charge in [0.05, 0.1) is 18.8 Å². The number of nitrogens with one attached hydrogen (secondary N) is 2. The van der Waals surface area contributed by atoms with Gasteiger partial charge in [-0.25, -0.2) is 4.98 Å². The minimum Gasteiger partial charge on any atom is -0.444 e. The van der Waals surface area contributed by atoms with Crippen LogP contribution < -0.4 is 10.6 Å². The number of aryl methyl sites for hydroxylation is 1. The van der Waals surface area contributed by atoms with E-state index in [0.717, 1.165) is 16.8 Å². The molecule has 2 aromatic heterocycles. The Morgan fingerprint density at radius 3 is 2.61 bits per heavy atom. The predicted molar refractivity (Wildman–Crippen MR) is 118 cm³/mol. The number of guanidine groups is 1. The van der Waals surface area contributed by atoms with Crippen molar-refractivity contribution >= 4 is 17.6 Å². The van der Waals surface area contributed by atoms with E-state index >= 15 is 0 Å². The average Bonchev–Trinajstić information content (AvgIpc) is 3.44. The summed E-state index contributed by atoms with van der Waals surface area (Å²) in [6.45, 7) is 2.81. The summed E-state index contributed by atoms with van der Waals surface area (Å²) in [6, 6.07) is 15.3. The number of aliphatic imine (C=N–C) groups is 1. The van der Waals surface area contributed by atoms with E-state index in [2.05, 4.69) is 30.8 Å². The normalized spacial score (nSPS) is 11.5. The highest BCUT2D eigenvalue weighted by atomic mass is 35.5. The van der Waals surface area contributed by atoms with Gasteiger partial charge in [-0.05, 0) is 31.2 Å². The molecule has 0 saturated carbocycles. The molecule has 0 saturated heterocycles. The summed E-state index contributed by atoms with van der Waals surface area (Å²) >= 11 is 6.02. The van der Waals surface area contributed by atoms with Crippen LogP contribution in [0.25, 0.3) is 22.8 Å². The lowest BCUT2D eigenvalue weighted by Crippen LogP contribution is -2.36. The lowest BCUT2D eigenvalue weighted by Gasteiger charge is -2.08. The van der Waals surface area contributed by atoms with E-state index in [-0.39, 0.29) is 0 Å². The topological polar surface area (TPSA) is 101 Å². The van der Waals surface area contributed by atoms with Crippen LogP contribution in [-0.4, -0.2) is 28.1 Å². The third-order valence-electron chi connectivity index (χ3n) is 4.47. The van der Waals surface area contributed by atoms with Crippen molar-refractivity contribution in [3.63, 3.8) is 0 Å². The van der Waals surface area contributed by atoms with Crippen molar-refractivity contribution in [2.45, 2.75) is 20.0 Å². The highest BCUT2D eigenvalue weighted by molar-refractivity contribution is 6.30. The maximum Gasteiger partial charge on any atom is 0.246 e. The summed E-state index contributed by atoms with van der Waals surface area (Å²) in [5, 5.41) is 10.9. The Balaban J connectivity index is 1.31. The highest BCUT2D eigenvalue weighted by Crippen LogP contribution is 2.20. The fourth-order valence-corrected chi connectivity index (χ4v) is 3.03. The fraction of sp³-hybridized carbons (Fsp3) is 0.182. The van der Waals surface area contributed by atoms with Gasteiger partial charge in [0.25, 0.3) is 0 Å². The Morgan fingerprint density at radius 2 is 1.84 bits per heavy atom. The molecule has 4 aromatic rings. The molecular formula is C22H21ClN6O2. The van der Waals surface area contributed by atoms with Gasteiger partial charge in [0.2, 0.25) is 17.6 Å². The van der Waals surface area contributed by atoms with Crippen molar-refractivity contribution in [2.24, 2.45) is 4.99 Å². The highest BCUT2D eigenvalue weighted by Gasteiger charge is 2.11. The lowest BCUT2D eigenvalue weighted by molar-refractivity contribution is 0.375. The van der Waals surface area contributed by atoms with Crippen LogP contribution in [0.5, 0.6) is 0 Å². The second-order valence-corrected chi connectivity index (χ2v) is 7.25. The van der Waals surface area contributed by atoms with Crippen LogP contribution in [0.1, 0.15) is 17.1 Å². The molecule has 4 rings (SSSR count).